The first-order valence-corrected chi connectivity index (χ1v) is 21.8. The van der Waals surface area contributed by atoms with Gasteiger partial charge in [0.2, 0.25) is 0 Å². The molecule has 6 nitrogen and oxygen atoms in total. The molecule has 0 atom stereocenters. The molecule has 0 radical (unpaired) electrons. The van der Waals surface area contributed by atoms with E-state index in [1.165, 1.54) is 43.6 Å². The fourth-order valence-electron chi connectivity index (χ4n) is 9.99. The average molecular weight is 829 g/mol. The molecule has 0 bridgehead atoms. The van der Waals surface area contributed by atoms with Crippen molar-refractivity contribution < 1.29 is 0 Å². The minimum absolute atomic E-state index is 0.517. The van der Waals surface area contributed by atoms with Crippen molar-refractivity contribution in [2.24, 2.45) is 0 Å². The molecule has 9 aromatic carbocycles. The molecule has 0 aliphatic carbocycles. The van der Waals surface area contributed by atoms with Crippen LogP contribution in [0.1, 0.15) is 5.56 Å². The molecule has 0 spiro atoms. The highest BCUT2D eigenvalue weighted by molar-refractivity contribution is 6.14. The van der Waals surface area contributed by atoms with Crippen LogP contribution in [0, 0.1) is 11.3 Å². The van der Waals surface area contributed by atoms with E-state index < -0.39 is 0 Å². The maximum atomic E-state index is 10.0. The fourth-order valence-corrected chi connectivity index (χ4v) is 9.99. The van der Waals surface area contributed by atoms with Crippen molar-refractivity contribution in [1.82, 2.24) is 23.7 Å². The van der Waals surface area contributed by atoms with Crippen LogP contribution in [0.25, 0.3) is 116 Å². The topological polar surface area (TPSA) is 64.4 Å². The third kappa shape index (κ3) is 5.73. The standard InChI is InChI=1S/C59H36N6/c60-37-40-16-4-5-17-44(40)59-61-51(38-14-2-1-3-15-38)36-52(62-59)39-26-28-41(29-27-39)63-57-32-30-42(64-53-22-10-6-18-45(53)46-19-7-11-23-54(46)64)34-49(57)50-35-43(31-33-58(50)63)65-55-24-12-8-20-47(55)48-21-9-13-25-56(48)65/h1-36H. The summed E-state index contributed by atoms with van der Waals surface area (Å²) in [6.07, 6.45) is 0. The number of nitrogens with zero attached hydrogens (tertiary/aromatic N) is 6. The molecule has 0 aliphatic heterocycles. The van der Waals surface area contributed by atoms with E-state index in [-0.39, 0.29) is 0 Å². The monoisotopic (exact) mass is 828 g/mol. The highest BCUT2D eigenvalue weighted by Crippen LogP contribution is 2.40. The predicted octanol–water partition coefficient (Wildman–Crippen LogP) is 14.6. The van der Waals surface area contributed by atoms with Crippen LogP contribution in [0.3, 0.4) is 0 Å². The molecule has 4 heterocycles. The molecule has 13 rings (SSSR count). The van der Waals surface area contributed by atoms with Crippen LogP contribution in [-0.4, -0.2) is 23.7 Å². The van der Waals surface area contributed by atoms with Gasteiger partial charge in [0.15, 0.2) is 5.82 Å². The summed E-state index contributed by atoms with van der Waals surface area (Å²) in [4.78, 5) is 10.1. The first-order chi connectivity index (χ1) is 32.2. The van der Waals surface area contributed by atoms with E-state index in [1.807, 2.05) is 48.5 Å². The normalized spacial score (nSPS) is 11.7. The van der Waals surface area contributed by atoms with Crippen LogP contribution in [0.2, 0.25) is 0 Å². The van der Waals surface area contributed by atoms with E-state index in [4.69, 9.17) is 9.97 Å². The molecule has 65 heavy (non-hydrogen) atoms. The van der Waals surface area contributed by atoms with Gasteiger partial charge in [-0.1, -0.05) is 127 Å². The van der Waals surface area contributed by atoms with Gasteiger partial charge < -0.3 is 13.7 Å². The van der Waals surface area contributed by atoms with Gasteiger partial charge in [0.05, 0.1) is 56.1 Å². The molecule has 0 aliphatic rings. The lowest BCUT2D eigenvalue weighted by atomic mass is 10.0. The third-order valence-electron chi connectivity index (χ3n) is 12.9. The Morgan fingerprint density at radius 3 is 1.20 bits per heavy atom. The van der Waals surface area contributed by atoms with Crippen LogP contribution in [0.5, 0.6) is 0 Å². The van der Waals surface area contributed by atoms with E-state index in [9.17, 15) is 5.26 Å². The smallest absolute Gasteiger partial charge is 0.161 e. The summed E-state index contributed by atoms with van der Waals surface area (Å²) in [5.41, 5.74) is 14.9. The Labute approximate surface area is 373 Å². The van der Waals surface area contributed by atoms with Crippen LogP contribution in [0.4, 0.5) is 0 Å². The van der Waals surface area contributed by atoms with Gasteiger partial charge in [0.25, 0.3) is 0 Å². The summed E-state index contributed by atoms with van der Waals surface area (Å²) in [5.74, 6) is 0.517. The van der Waals surface area contributed by atoms with Crippen molar-refractivity contribution in [3.8, 4) is 57.0 Å². The molecular weight excluding hydrogens is 793 g/mol. The number of benzene rings is 9. The van der Waals surface area contributed by atoms with Crippen LogP contribution in [0.15, 0.2) is 218 Å². The number of hydrogen-bond acceptors (Lipinski definition) is 3. The van der Waals surface area contributed by atoms with E-state index in [2.05, 4.69) is 190 Å². The second-order valence-electron chi connectivity index (χ2n) is 16.5. The molecule has 0 saturated heterocycles. The lowest BCUT2D eigenvalue weighted by molar-refractivity contribution is 1.16. The first kappa shape index (κ1) is 36.6. The van der Waals surface area contributed by atoms with Gasteiger partial charge in [0.1, 0.15) is 0 Å². The van der Waals surface area contributed by atoms with Crippen LogP contribution >= 0.6 is 0 Å². The van der Waals surface area contributed by atoms with Gasteiger partial charge in [-0.2, -0.15) is 5.26 Å². The Hall–Kier alpha value is -9.05. The van der Waals surface area contributed by atoms with Crippen LogP contribution < -0.4 is 0 Å². The Kier molecular flexibility index (Phi) is 8.17. The lowest BCUT2D eigenvalue weighted by Gasteiger charge is -2.12. The minimum Gasteiger partial charge on any atom is -0.309 e. The molecular formula is C59H36N6. The summed E-state index contributed by atoms with van der Waals surface area (Å²) in [5, 5.41) is 17.3. The molecule has 0 saturated carbocycles. The predicted molar refractivity (Wildman–Crippen MR) is 266 cm³/mol. The molecule has 302 valence electrons. The Morgan fingerprint density at radius 1 is 0.323 bits per heavy atom. The molecule has 0 unspecified atom stereocenters. The zero-order valence-electron chi connectivity index (χ0n) is 35.0. The molecule has 13 aromatic rings. The summed E-state index contributed by atoms with van der Waals surface area (Å²) < 4.78 is 7.17. The SMILES string of the molecule is N#Cc1ccccc1-c1nc(-c2ccccc2)cc(-c2ccc(-n3c4ccc(-n5c6ccccc6c6ccccc65)cc4c4cc(-n5c6ccccc6c6ccccc65)ccc43)cc2)n1. The summed E-state index contributed by atoms with van der Waals surface area (Å²) >= 11 is 0. The van der Waals surface area contributed by atoms with Gasteiger partial charge in [-0.25, -0.2) is 9.97 Å². The Morgan fingerprint density at radius 2 is 0.708 bits per heavy atom. The maximum Gasteiger partial charge on any atom is 0.161 e. The number of para-hydroxylation sites is 4. The highest BCUT2D eigenvalue weighted by Gasteiger charge is 2.20. The van der Waals surface area contributed by atoms with Crippen molar-refractivity contribution in [1.29, 1.82) is 5.26 Å². The van der Waals surface area contributed by atoms with Crippen molar-refractivity contribution in [3.63, 3.8) is 0 Å². The second-order valence-corrected chi connectivity index (χ2v) is 16.5. The summed E-state index contributed by atoms with van der Waals surface area (Å²) in [6, 6.07) is 79.2. The van der Waals surface area contributed by atoms with E-state index >= 15 is 0 Å². The summed E-state index contributed by atoms with van der Waals surface area (Å²) in [7, 11) is 0. The first-order valence-electron chi connectivity index (χ1n) is 21.8. The molecule has 6 heteroatoms. The molecule has 0 fully saturated rings. The van der Waals surface area contributed by atoms with Gasteiger partial charge >= 0.3 is 0 Å². The molecule has 4 aromatic heterocycles. The lowest BCUT2D eigenvalue weighted by Crippen LogP contribution is -1.98. The van der Waals surface area contributed by atoms with Crippen molar-refractivity contribution in [3.05, 3.63) is 224 Å². The number of nitriles is 1. The average Bonchev–Trinajstić information content (AvgIpc) is 4.02. The van der Waals surface area contributed by atoms with Crippen molar-refractivity contribution in [2.75, 3.05) is 0 Å². The number of aromatic nitrogens is 5. The van der Waals surface area contributed by atoms with Gasteiger partial charge in [-0.3, -0.25) is 0 Å². The second kappa shape index (κ2) is 14.5. The van der Waals surface area contributed by atoms with Gasteiger partial charge in [-0.15, -0.1) is 0 Å². The molecule has 0 amide bonds. The van der Waals surface area contributed by atoms with Crippen molar-refractivity contribution >= 4 is 65.4 Å². The van der Waals surface area contributed by atoms with Crippen LogP contribution in [-0.2, 0) is 0 Å². The summed E-state index contributed by atoms with van der Waals surface area (Å²) in [6.45, 7) is 0. The fraction of sp³-hybridized carbons (Fsp3) is 0. The number of hydrogen-bond donors (Lipinski definition) is 0. The Balaban J connectivity index is 1.02. The highest BCUT2D eigenvalue weighted by atomic mass is 15.0. The van der Waals surface area contributed by atoms with E-state index in [1.54, 1.807) is 0 Å². The zero-order chi connectivity index (χ0) is 43.0. The number of fused-ring (bicyclic) bond motifs is 9. The Bertz CT molecular complexity index is 3790. The maximum absolute atomic E-state index is 10.0. The minimum atomic E-state index is 0.517. The van der Waals surface area contributed by atoms with E-state index in [0.29, 0.717) is 17.0 Å². The quantitative estimate of drug-likeness (QED) is 0.168. The van der Waals surface area contributed by atoms with E-state index in [0.717, 1.165) is 61.4 Å². The zero-order valence-corrected chi connectivity index (χ0v) is 35.0. The third-order valence-corrected chi connectivity index (χ3v) is 12.9. The number of rotatable bonds is 6. The molecule has 0 N–H and O–H groups in total. The largest absolute Gasteiger partial charge is 0.309 e. The van der Waals surface area contributed by atoms with Gasteiger partial charge in [-0.05, 0) is 91.0 Å². The van der Waals surface area contributed by atoms with Crippen molar-refractivity contribution in [2.45, 2.75) is 0 Å². The van der Waals surface area contributed by atoms with Gasteiger partial charge in [0, 0.05) is 66.1 Å².